The molecular formula is C57H37N7. The van der Waals surface area contributed by atoms with Gasteiger partial charge in [-0.25, -0.2) is 29.9 Å². The predicted octanol–water partition coefficient (Wildman–Crippen LogP) is 13.6. The van der Waals surface area contributed by atoms with Gasteiger partial charge < -0.3 is 0 Å². The lowest BCUT2D eigenvalue weighted by atomic mass is 9.92. The lowest BCUT2D eigenvalue weighted by Crippen LogP contribution is -2.00. The van der Waals surface area contributed by atoms with E-state index in [1.54, 1.807) is 0 Å². The molecule has 0 bridgehead atoms. The van der Waals surface area contributed by atoms with Crippen molar-refractivity contribution >= 4 is 10.8 Å². The number of aromatic nitrogens is 7. The van der Waals surface area contributed by atoms with Crippen molar-refractivity contribution in [2.45, 2.75) is 0 Å². The summed E-state index contributed by atoms with van der Waals surface area (Å²) in [5.74, 6) is 3.73. The minimum Gasteiger partial charge on any atom is -0.256 e. The van der Waals surface area contributed by atoms with Gasteiger partial charge in [0, 0.05) is 45.1 Å². The normalized spacial score (nSPS) is 11.1. The number of pyridine rings is 1. The molecule has 8 aromatic carbocycles. The maximum atomic E-state index is 5.04. The smallest absolute Gasteiger partial charge is 0.164 e. The molecule has 0 unspecified atom stereocenters. The second-order valence-electron chi connectivity index (χ2n) is 15.4. The van der Waals surface area contributed by atoms with Gasteiger partial charge in [-0.05, 0) is 57.3 Å². The summed E-state index contributed by atoms with van der Waals surface area (Å²) in [6.45, 7) is 0. The minimum absolute atomic E-state index is 0.608. The summed E-state index contributed by atoms with van der Waals surface area (Å²) in [6, 6.07) is 74.3. The van der Waals surface area contributed by atoms with Crippen molar-refractivity contribution in [3.05, 3.63) is 225 Å². The first kappa shape index (κ1) is 38.1. The Kier molecular flexibility index (Phi) is 10.1. The van der Waals surface area contributed by atoms with Crippen LogP contribution < -0.4 is 0 Å². The van der Waals surface area contributed by atoms with Crippen molar-refractivity contribution in [1.29, 1.82) is 0 Å². The first-order valence-electron chi connectivity index (χ1n) is 21.1. The second-order valence-corrected chi connectivity index (χ2v) is 15.4. The molecule has 7 heteroatoms. The molecule has 64 heavy (non-hydrogen) atoms. The summed E-state index contributed by atoms with van der Waals surface area (Å²) in [6.07, 6.45) is 1.83. The standard InChI is InChI=1S/C57H37N7/c1-4-15-41(16-5-1)52-59-53(42-17-6-2-7-18-42)61-55(60-52)45-30-26-40(27-31-45)50-37-47(33-34-49(50)51-22-12-13-35-58-51)39-23-28-44(29-24-39)56-62-54(43-19-8-3-9-20-43)63-57(64-56)48-32-25-38-14-10-11-21-46(38)36-48/h1-37H. The summed E-state index contributed by atoms with van der Waals surface area (Å²) in [5, 5.41) is 2.30. The summed E-state index contributed by atoms with van der Waals surface area (Å²) >= 11 is 0. The maximum absolute atomic E-state index is 5.04. The summed E-state index contributed by atoms with van der Waals surface area (Å²) < 4.78 is 0. The topological polar surface area (TPSA) is 90.2 Å². The zero-order chi connectivity index (χ0) is 42.7. The molecule has 0 amide bonds. The van der Waals surface area contributed by atoms with E-state index in [9.17, 15) is 0 Å². The van der Waals surface area contributed by atoms with Gasteiger partial charge in [-0.3, -0.25) is 4.98 Å². The Morgan fingerprint density at radius 1 is 0.219 bits per heavy atom. The third-order valence-electron chi connectivity index (χ3n) is 11.3. The van der Waals surface area contributed by atoms with E-state index < -0.39 is 0 Å². The Balaban J connectivity index is 0.956. The summed E-state index contributed by atoms with van der Waals surface area (Å²) in [4.78, 5) is 34.5. The number of nitrogens with zero attached hydrogens (tertiary/aromatic N) is 7. The molecule has 0 fully saturated rings. The highest BCUT2D eigenvalue weighted by Gasteiger charge is 2.17. The van der Waals surface area contributed by atoms with Crippen LogP contribution in [0.4, 0.5) is 0 Å². The molecule has 3 heterocycles. The number of fused-ring (bicyclic) bond motifs is 1. The first-order chi connectivity index (χ1) is 31.7. The molecule has 11 aromatic rings. The molecule has 0 saturated carbocycles. The Hall–Kier alpha value is -8.81. The van der Waals surface area contributed by atoms with Crippen molar-refractivity contribution in [3.8, 4) is 102 Å². The molecule has 0 atom stereocenters. The summed E-state index contributed by atoms with van der Waals surface area (Å²) in [7, 11) is 0. The SMILES string of the molecule is c1ccc(-c2nc(-c3ccccc3)nc(-c3ccc(-c4cc(-c5ccc(-c6nc(-c7ccccc7)nc(-c7ccc8ccccc8c7)n6)cc5)ccc4-c4ccccn4)cc3)n2)cc1. The van der Waals surface area contributed by atoms with Crippen LogP contribution in [0, 0.1) is 0 Å². The van der Waals surface area contributed by atoms with Gasteiger partial charge in [0.25, 0.3) is 0 Å². The van der Waals surface area contributed by atoms with Crippen molar-refractivity contribution < 1.29 is 0 Å². The van der Waals surface area contributed by atoms with Crippen LogP contribution >= 0.6 is 0 Å². The van der Waals surface area contributed by atoms with Crippen LogP contribution in [0.5, 0.6) is 0 Å². The highest BCUT2D eigenvalue weighted by Crippen LogP contribution is 2.37. The van der Waals surface area contributed by atoms with Crippen molar-refractivity contribution in [3.63, 3.8) is 0 Å². The third kappa shape index (κ3) is 7.81. The van der Waals surface area contributed by atoms with E-state index in [2.05, 4.69) is 109 Å². The third-order valence-corrected chi connectivity index (χ3v) is 11.3. The average molecular weight is 820 g/mol. The van der Waals surface area contributed by atoms with Crippen molar-refractivity contribution in [2.75, 3.05) is 0 Å². The molecule has 11 rings (SSSR count). The van der Waals surface area contributed by atoms with Gasteiger partial charge in [0.05, 0.1) is 5.69 Å². The van der Waals surface area contributed by atoms with Crippen LogP contribution in [-0.2, 0) is 0 Å². The minimum atomic E-state index is 0.608. The molecule has 7 nitrogen and oxygen atoms in total. The Bertz CT molecular complexity index is 3340. The average Bonchev–Trinajstić information content (AvgIpc) is 3.39. The summed E-state index contributed by atoms with van der Waals surface area (Å²) in [5.41, 5.74) is 11.7. The van der Waals surface area contributed by atoms with Crippen LogP contribution in [0.1, 0.15) is 0 Å². The van der Waals surface area contributed by atoms with Crippen LogP contribution in [0.3, 0.4) is 0 Å². The predicted molar refractivity (Wildman–Crippen MR) is 257 cm³/mol. The fraction of sp³-hybridized carbons (Fsp3) is 0. The lowest BCUT2D eigenvalue weighted by molar-refractivity contribution is 1.07. The van der Waals surface area contributed by atoms with E-state index in [0.717, 1.165) is 72.3 Å². The zero-order valence-electron chi connectivity index (χ0n) is 34.5. The fourth-order valence-electron chi connectivity index (χ4n) is 7.94. The molecule has 3 aromatic heterocycles. The molecule has 300 valence electrons. The van der Waals surface area contributed by atoms with Crippen LogP contribution in [0.2, 0.25) is 0 Å². The molecular weight excluding hydrogens is 783 g/mol. The molecule has 0 spiro atoms. The molecule has 0 radical (unpaired) electrons. The van der Waals surface area contributed by atoms with Gasteiger partial charge >= 0.3 is 0 Å². The monoisotopic (exact) mass is 819 g/mol. The number of rotatable bonds is 9. The second kappa shape index (κ2) is 16.9. The number of hydrogen-bond donors (Lipinski definition) is 0. The first-order valence-corrected chi connectivity index (χ1v) is 21.1. The Morgan fingerprint density at radius 2 is 0.609 bits per heavy atom. The van der Waals surface area contributed by atoms with E-state index in [1.165, 1.54) is 5.39 Å². The Morgan fingerprint density at radius 3 is 1.11 bits per heavy atom. The van der Waals surface area contributed by atoms with Gasteiger partial charge in [-0.1, -0.05) is 194 Å². The molecule has 0 aliphatic rings. The number of hydrogen-bond acceptors (Lipinski definition) is 7. The Labute approximate surface area is 370 Å². The molecule has 0 saturated heterocycles. The maximum Gasteiger partial charge on any atom is 0.164 e. The highest BCUT2D eigenvalue weighted by molar-refractivity contribution is 5.88. The van der Waals surface area contributed by atoms with Gasteiger partial charge in [-0.2, -0.15) is 0 Å². The van der Waals surface area contributed by atoms with Crippen LogP contribution in [0.15, 0.2) is 225 Å². The van der Waals surface area contributed by atoms with E-state index in [1.807, 2.05) is 115 Å². The van der Waals surface area contributed by atoms with Gasteiger partial charge in [0.2, 0.25) is 0 Å². The molecule has 0 aliphatic carbocycles. The van der Waals surface area contributed by atoms with Crippen LogP contribution in [-0.4, -0.2) is 34.9 Å². The quantitative estimate of drug-likeness (QED) is 0.143. The largest absolute Gasteiger partial charge is 0.256 e. The zero-order valence-corrected chi connectivity index (χ0v) is 34.5. The van der Waals surface area contributed by atoms with Crippen molar-refractivity contribution in [2.24, 2.45) is 0 Å². The van der Waals surface area contributed by atoms with Crippen molar-refractivity contribution in [1.82, 2.24) is 34.9 Å². The van der Waals surface area contributed by atoms with E-state index in [4.69, 9.17) is 34.9 Å². The van der Waals surface area contributed by atoms with Gasteiger partial charge in [0.15, 0.2) is 34.9 Å². The van der Waals surface area contributed by atoms with E-state index in [0.29, 0.717) is 34.9 Å². The van der Waals surface area contributed by atoms with Gasteiger partial charge in [0.1, 0.15) is 0 Å². The highest BCUT2D eigenvalue weighted by atomic mass is 15.0. The van der Waals surface area contributed by atoms with Crippen LogP contribution in [0.25, 0.3) is 113 Å². The molecule has 0 N–H and O–H groups in total. The number of benzene rings is 8. The van der Waals surface area contributed by atoms with E-state index >= 15 is 0 Å². The van der Waals surface area contributed by atoms with Gasteiger partial charge in [-0.15, -0.1) is 0 Å². The lowest BCUT2D eigenvalue weighted by Gasteiger charge is -2.14. The fourth-order valence-corrected chi connectivity index (χ4v) is 7.94. The van der Waals surface area contributed by atoms with E-state index in [-0.39, 0.29) is 0 Å². The molecule has 0 aliphatic heterocycles.